The topological polar surface area (TPSA) is 12.0 Å². The number of hydrogen-bond donors (Lipinski definition) is 1. The molecule has 1 nitrogen and oxygen atoms in total. The minimum atomic E-state index is 0.720. The molecule has 2 atom stereocenters. The van der Waals surface area contributed by atoms with Crippen LogP contribution < -0.4 is 5.32 Å². The third-order valence-electron chi connectivity index (χ3n) is 3.60. The van der Waals surface area contributed by atoms with Gasteiger partial charge in [-0.15, -0.1) is 11.3 Å². The van der Waals surface area contributed by atoms with E-state index < -0.39 is 0 Å². The van der Waals surface area contributed by atoms with Gasteiger partial charge in [-0.2, -0.15) is 11.8 Å². The lowest BCUT2D eigenvalue weighted by atomic mass is 10.0. The van der Waals surface area contributed by atoms with E-state index >= 15 is 0 Å². The molecule has 2 unspecified atom stereocenters. The number of thiophene rings is 1. The first-order chi connectivity index (χ1) is 8.90. The van der Waals surface area contributed by atoms with E-state index in [0.717, 1.165) is 11.3 Å². The minimum absolute atomic E-state index is 0.720. The lowest BCUT2D eigenvalue weighted by Gasteiger charge is -2.30. The van der Waals surface area contributed by atoms with Crippen LogP contribution in [0.2, 0.25) is 0 Å². The Hall–Kier alpha value is 0.01000. The van der Waals surface area contributed by atoms with E-state index in [1.165, 1.54) is 50.8 Å². The van der Waals surface area contributed by atoms with Gasteiger partial charge in [-0.3, -0.25) is 0 Å². The van der Waals surface area contributed by atoms with Gasteiger partial charge in [-0.1, -0.05) is 19.4 Å². The summed E-state index contributed by atoms with van der Waals surface area (Å²) in [6.07, 6.45) is 8.06. The molecule has 0 spiro atoms. The van der Waals surface area contributed by atoms with E-state index in [2.05, 4.69) is 41.5 Å². The highest BCUT2D eigenvalue weighted by Crippen LogP contribution is 2.29. The molecule has 2 rings (SSSR count). The summed E-state index contributed by atoms with van der Waals surface area (Å²) in [6, 6.07) is 5.16. The van der Waals surface area contributed by atoms with Gasteiger partial charge in [0, 0.05) is 16.2 Å². The first kappa shape index (κ1) is 14.4. The summed E-state index contributed by atoms with van der Waals surface area (Å²) in [6.45, 7) is 3.43. The lowest BCUT2D eigenvalue weighted by Crippen LogP contribution is -2.40. The van der Waals surface area contributed by atoms with Gasteiger partial charge < -0.3 is 5.32 Å². The minimum Gasteiger partial charge on any atom is -0.313 e. The van der Waals surface area contributed by atoms with Crippen molar-refractivity contribution in [3.05, 3.63) is 22.4 Å². The van der Waals surface area contributed by atoms with E-state index in [1.54, 1.807) is 4.88 Å². The van der Waals surface area contributed by atoms with Gasteiger partial charge in [0.25, 0.3) is 0 Å². The van der Waals surface area contributed by atoms with Gasteiger partial charge in [0.2, 0.25) is 0 Å². The molecule has 0 aromatic carbocycles. The molecule has 1 aromatic heterocycles. The molecule has 1 fully saturated rings. The molecular formula is C15H25NS2. The van der Waals surface area contributed by atoms with Crippen LogP contribution in [0, 0.1) is 0 Å². The Labute approximate surface area is 120 Å². The molecule has 18 heavy (non-hydrogen) atoms. The van der Waals surface area contributed by atoms with Crippen molar-refractivity contribution in [2.75, 3.05) is 12.3 Å². The summed E-state index contributed by atoms with van der Waals surface area (Å²) in [4.78, 5) is 1.54. The van der Waals surface area contributed by atoms with Gasteiger partial charge in [-0.25, -0.2) is 0 Å². The Morgan fingerprint density at radius 2 is 2.39 bits per heavy atom. The molecule has 0 aliphatic carbocycles. The molecule has 1 aromatic rings. The first-order valence-electron chi connectivity index (χ1n) is 7.27. The third-order valence-corrected chi connectivity index (χ3v) is 6.05. The van der Waals surface area contributed by atoms with Crippen molar-refractivity contribution in [3.63, 3.8) is 0 Å². The molecule has 0 amide bonds. The lowest BCUT2D eigenvalue weighted by molar-refractivity contribution is 0.441. The average molecular weight is 284 g/mol. The number of rotatable bonds is 7. The fourth-order valence-electron chi connectivity index (χ4n) is 2.58. The molecule has 0 bridgehead atoms. The summed E-state index contributed by atoms with van der Waals surface area (Å²) in [5, 5.41) is 6.83. The molecule has 3 heteroatoms. The summed E-state index contributed by atoms with van der Waals surface area (Å²) < 4.78 is 0. The van der Waals surface area contributed by atoms with Crippen LogP contribution in [0.1, 0.15) is 43.9 Å². The van der Waals surface area contributed by atoms with E-state index in [1.807, 2.05) is 11.3 Å². The van der Waals surface area contributed by atoms with Crippen LogP contribution in [-0.2, 0) is 6.42 Å². The smallest absolute Gasteiger partial charge is 0.0201 e. The van der Waals surface area contributed by atoms with Gasteiger partial charge in [0.15, 0.2) is 0 Å². The Bertz CT molecular complexity index is 304. The maximum Gasteiger partial charge on any atom is 0.0201 e. The van der Waals surface area contributed by atoms with Crippen LogP contribution in [-0.4, -0.2) is 23.6 Å². The molecule has 102 valence electrons. The summed E-state index contributed by atoms with van der Waals surface area (Å²) >= 11 is 4.10. The normalized spacial score (nSPS) is 21.9. The van der Waals surface area contributed by atoms with Crippen molar-refractivity contribution >= 4 is 23.1 Å². The zero-order chi connectivity index (χ0) is 12.6. The highest BCUT2D eigenvalue weighted by Gasteiger charge is 2.23. The van der Waals surface area contributed by atoms with E-state index in [-0.39, 0.29) is 0 Å². The Morgan fingerprint density at radius 3 is 3.06 bits per heavy atom. The van der Waals surface area contributed by atoms with Crippen LogP contribution in [0.3, 0.4) is 0 Å². The number of aryl methyl sites for hydroxylation is 1. The number of nitrogens with one attached hydrogen (secondary N) is 1. The van der Waals surface area contributed by atoms with Crippen LogP contribution in [0.4, 0.5) is 0 Å². The maximum atomic E-state index is 3.79. The van der Waals surface area contributed by atoms with Crippen LogP contribution >= 0.6 is 23.1 Å². The molecule has 0 radical (unpaired) electrons. The summed E-state index contributed by atoms with van der Waals surface area (Å²) in [5.41, 5.74) is 0. The fourth-order valence-corrected chi connectivity index (χ4v) is 4.78. The van der Waals surface area contributed by atoms with Crippen molar-refractivity contribution in [2.24, 2.45) is 0 Å². The Balaban J connectivity index is 1.83. The van der Waals surface area contributed by atoms with Gasteiger partial charge in [-0.05, 0) is 55.8 Å². The second-order valence-corrected chi connectivity index (χ2v) is 7.46. The highest BCUT2D eigenvalue weighted by atomic mass is 32.2. The van der Waals surface area contributed by atoms with E-state index in [4.69, 9.17) is 0 Å². The number of hydrogen-bond acceptors (Lipinski definition) is 3. The Kier molecular flexibility index (Phi) is 6.60. The molecule has 1 N–H and O–H groups in total. The zero-order valence-electron chi connectivity index (χ0n) is 11.4. The monoisotopic (exact) mass is 283 g/mol. The maximum absolute atomic E-state index is 3.79. The zero-order valence-corrected chi connectivity index (χ0v) is 13.0. The predicted octanol–water partition coefficient (Wildman–Crippen LogP) is 4.33. The summed E-state index contributed by atoms with van der Waals surface area (Å²) in [7, 11) is 0. The highest BCUT2D eigenvalue weighted by molar-refractivity contribution is 8.00. The van der Waals surface area contributed by atoms with Crippen molar-refractivity contribution in [1.29, 1.82) is 0 Å². The van der Waals surface area contributed by atoms with Gasteiger partial charge >= 0.3 is 0 Å². The summed E-state index contributed by atoms with van der Waals surface area (Å²) in [5.74, 6) is 1.37. The van der Waals surface area contributed by atoms with E-state index in [9.17, 15) is 0 Å². The predicted molar refractivity (Wildman–Crippen MR) is 84.8 cm³/mol. The van der Waals surface area contributed by atoms with Crippen LogP contribution in [0.15, 0.2) is 17.5 Å². The molecule has 0 saturated carbocycles. The third kappa shape index (κ3) is 4.60. The average Bonchev–Trinajstić information content (AvgIpc) is 2.93. The molecular weight excluding hydrogens is 258 g/mol. The quantitative estimate of drug-likeness (QED) is 0.799. The standard InChI is InChI=1S/C15H25NS2/c1-2-10-16-14(15-7-3-4-11-18-15)9-8-13-6-5-12-17-13/h5-6,12,14-16H,2-4,7-11H2,1H3. The second kappa shape index (κ2) is 8.23. The second-order valence-electron chi connectivity index (χ2n) is 5.08. The van der Waals surface area contributed by atoms with Crippen molar-refractivity contribution < 1.29 is 0 Å². The number of thioether (sulfide) groups is 1. The van der Waals surface area contributed by atoms with Crippen molar-refractivity contribution in [3.8, 4) is 0 Å². The SMILES string of the molecule is CCCNC(CCc1cccs1)C1CCCCS1. The molecule has 1 saturated heterocycles. The Morgan fingerprint density at radius 1 is 1.44 bits per heavy atom. The largest absolute Gasteiger partial charge is 0.313 e. The van der Waals surface area contributed by atoms with Crippen LogP contribution in [0.5, 0.6) is 0 Å². The van der Waals surface area contributed by atoms with Crippen molar-refractivity contribution in [2.45, 2.75) is 56.7 Å². The van der Waals surface area contributed by atoms with Crippen molar-refractivity contribution in [1.82, 2.24) is 5.32 Å². The van der Waals surface area contributed by atoms with Gasteiger partial charge in [0.1, 0.15) is 0 Å². The van der Waals surface area contributed by atoms with Gasteiger partial charge in [0.05, 0.1) is 0 Å². The molecule has 1 aliphatic heterocycles. The molecule has 2 heterocycles. The van der Waals surface area contributed by atoms with Crippen LogP contribution in [0.25, 0.3) is 0 Å². The first-order valence-corrected chi connectivity index (χ1v) is 9.20. The molecule has 1 aliphatic rings. The van der Waals surface area contributed by atoms with E-state index in [0.29, 0.717) is 0 Å². The fraction of sp³-hybridized carbons (Fsp3) is 0.733.